The van der Waals surface area contributed by atoms with E-state index < -0.39 is 0 Å². The van der Waals surface area contributed by atoms with Crippen LogP contribution in [0.3, 0.4) is 0 Å². The van der Waals surface area contributed by atoms with Gasteiger partial charge in [0.05, 0.1) is 22.9 Å². The number of nitrogen functional groups attached to an aromatic ring is 1. The van der Waals surface area contributed by atoms with Crippen LogP contribution in [0.25, 0.3) is 21.3 Å². The zero-order valence-electron chi connectivity index (χ0n) is 7.81. The van der Waals surface area contributed by atoms with Crippen molar-refractivity contribution in [2.24, 2.45) is 0 Å². The molecule has 3 nitrogen and oxygen atoms in total. The van der Waals surface area contributed by atoms with E-state index in [1.807, 2.05) is 24.3 Å². The molecule has 0 saturated carbocycles. The molecule has 2 N–H and O–H groups in total. The largest absolute Gasteiger partial charge is 0.472 e. The summed E-state index contributed by atoms with van der Waals surface area (Å²) in [4.78, 5) is 0. The molecule has 4 heteroatoms. The Morgan fingerprint density at radius 2 is 2.20 bits per heavy atom. The van der Waals surface area contributed by atoms with Crippen LogP contribution in [-0.2, 0) is 0 Å². The van der Waals surface area contributed by atoms with Crippen molar-refractivity contribution in [2.45, 2.75) is 0 Å². The van der Waals surface area contributed by atoms with Crippen molar-refractivity contribution in [1.29, 1.82) is 0 Å². The van der Waals surface area contributed by atoms with Crippen LogP contribution in [0, 0.1) is 0 Å². The molecule has 2 heterocycles. The van der Waals surface area contributed by atoms with Crippen molar-refractivity contribution >= 4 is 27.3 Å². The molecular formula is C11H8N2OS. The molecule has 15 heavy (non-hydrogen) atoms. The summed E-state index contributed by atoms with van der Waals surface area (Å²) in [5.41, 5.74) is 8.45. The van der Waals surface area contributed by atoms with Gasteiger partial charge in [-0.3, -0.25) is 0 Å². The highest BCUT2D eigenvalue weighted by atomic mass is 32.1. The molecule has 0 bridgehead atoms. The van der Waals surface area contributed by atoms with Crippen LogP contribution in [0.15, 0.2) is 41.2 Å². The van der Waals surface area contributed by atoms with Crippen LogP contribution < -0.4 is 5.73 Å². The molecule has 0 aliphatic heterocycles. The smallest absolute Gasteiger partial charge is 0.0997 e. The SMILES string of the molecule is Nc1ccc2snc(-c3ccoc3)c2c1. The van der Waals surface area contributed by atoms with E-state index in [0.717, 1.165) is 27.0 Å². The maximum Gasteiger partial charge on any atom is 0.0997 e. The predicted molar refractivity (Wildman–Crippen MR) is 61.7 cm³/mol. The number of nitrogens with zero attached hydrogens (tertiary/aromatic N) is 1. The monoisotopic (exact) mass is 216 g/mol. The van der Waals surface area contributed by atoms with Crippen LogP contribution >= 0.6 is 11.5 Å². The molecule has 3 aromatic rings. The van der Waals surface area contributed by atoms with E-state index in [0.29, 0.717) is 0 Å². The molecule has 2 aromatic heterocycles. The highest BCUT2D eigenvalue weighted by Gasteiger charge is 2.09. The molecule has 0 aliphatic carbocycles. The summed E-state index contributed by atoms with van der Waals surface area (Å²) in [7, 11) is 0. The van der Waals surface area contributed by atoms with E-state index in [-0.39, 0.29) is 0 Å². The van der Waals surface area contributed by atoms with Gasteiger partial charge in [-0.2, -0.15) is 4.37 Å². The van der Waals surface area contributed by atoms with Gasteiger partial charge in [0.15, 0.2) is 0 Å². The van der Waals surface area contributed by atoms with E-state index >= 15 is 0 Å². The number of furan rings is 1. The Morgan fingerprint density at radius 3 is 3.00 bits per heavy atom. The number of rotatable bonds is 1. The van der Waals surface area contributed by atoms with Crippen LogP contribution in [-0.4, -0.2) is 4.37 Å². The Balaban J connectivity index is 2.32. The second-order valence-electron chi connectivity index (χ2n) is 3.30. The Labute approximate surface area is 90.3 Å². The minimum absolute atomic E-state index is 0.757. The van der Waals surface area contributed by atoms with Gasteiger partial charge in [0.1, 0.15) is 0 Å². The molecule has 0 saturated heterocycles. The van der Waals surface area contributed by atoms with Crippen molar-refractivity contribution in [2.75, 3.05) is 5.73 Å². The fourth-order valence-corrected chi connectivity index (χ4v) is 2.34. The highest BCUT2D eigenvalue weighted by molar-refractivity contribution is 7.13. The minimum Gasteiger partial charge on any atom is -0.472 e. The van der Waals surface area contributed by atoms with Gasteiger partial charge >= 0.3 is 0 Å². The molecule has 0 atom stereocenters. The van der Waals surface area contributed by atoms with Gasteiger partial charge in [-0.05, 0) is 35.8 Å². The first-order valence-corrected chi connectivity index (χ1v) is 5.29. The summed E-state index contributed by atoms with van der Waals surface area (Å²) in [6, 6.07) is 7.73. The predicted octanol–water partition coefficient (Wildman–Crippen LogP) is 3.14. The van der Waals surface area contributed by atoms with Gasteiger partial charge in [-0.1, -0.05) is 0 Å². The van der Waals surface area contributed by atoms with Crippen LogP contribution in [0.1, 0.15) is 0 Å². The quantitative estimate of drug-likeness (QED) is 0.636. The molecule has 0 amide bonds. The number of aromatic nitrogens is 1. The van der Waals surface area contributed by atoms with Crippen molar-refractivity contribution < 1.29 is 4.42 Å². The maximum absolute atomic E-state index is 5.76. The lowest BCUT2D eigenvalue weighted by Crippen LogP contribution is -1.82. The molecule has 1 aromatic carbocycles. The Bertz CT molecular complexity index is 598. The number of hydrogen-bond donors (Lipinski definition) is 1. The van der Waals surface area contributed by atoms with Crippen LogP contribution in [0.4, 0.5) is 5.69 Å². The lowest BCUT2D eigenvalue weighted by molar-refractivity contribution is 0.568. The highest BCUT2D eigenvalue weighted by Crippen LogP contribution is 2.32. The second kappa shape index (κ2) is 3.10. The van der Waals surface area contributed by atoms with Crippen LogP contribution in [0.5, 0.6) is 0 Å². The normalized spacial score (nSPS) is 10.9. The van der Waals surface area contributed by atoms with Gasteiger partial charge < -0.3 is 10.2 Å². The molecule has 0 fully saturated rings. The van der Waals surface area contributed by atoms with E-state index in [1.165, 1.54) is 11.5 Å². The standard InChI is InChI=1S/C11H8N2OS/c12-8-1-2-10-9(5-8)11(13-15-10)7-3-4-14-6-7/h1-6H,12H2. The zero-order chi connectivity index (χ0) is 10.3. The van der Waals surface area contributed by atoms with E-state index in [9.17, 15) is 0 Å². The van der Waals surface area contributed by atoms with E-state index in [2.05, 4.69) is 4.37 Å². The first kappa shape index (κ1) is 8.49. The Hall–Kier alpha value is -1.81. The van der Waals surface area contributed by atoms with Gasteiger partial charge in [0.2, 0.25) is 0 Å². The second-order valence-corrected chi connectivity index (χ2v) is 4.10. The average molecular weight is 216 g/mol. The molecule has 3 rings (SSSR count). The summed E-state index contributed by atoms with van der Waals surface area (Å²) in [6.45, 7) is 0. The third-order valence-corrected chi connectivity index (χ3v) is 3.12. The van der Waals surface area contributed by atoms with Crippen molar-refractivity contribution in [1.82, 2.24) is 4.37 Å². The summed E-state index contributed by atoms with van der Waals surface area (Å²) >= 11 is 1.47. The topological polar surface area (TPSA) is 52.0 Å². The summed E-state index contributed by atoms with van der Waals surface area (Å²) in [6.07, 6.45) is 3.34. The number of nitrogens with two attached hydrogens (primary N) is 1. The fraction of sp³-hybridized carbons (Fsp3) is 0. The number of anilines is 1. The molecule has 74 valence electrons. The molecule has 0 unspecified atom stereocenters. The third-order valence-electron chi connectivity index (χ3n) is 2.29. The first-order chi connectivity index (χ1) is 7.34. The molecule has 0 radical (unpaired) electrons. The maximum atomic E-state index is 5.76. The fourth-order valence-electron chi connectivity index (χ4n) is 1.56. The molecule has 0 aliphatic rings. The lowest BCUT2D eigenvalue weighted by Gasteiger charge is -1.94. The average Bonchev–Trinajstić information content (AvgIpc) is 2.83. The summed E-state index contributed by atoms with van der Waals surface area (Å²) in [5, 5.41) is 1.08. The summed E-state index contributed by atoms with van der Waals surface area (Å²) in [5.74, 6) is 0. The summed E-state index contributed by atoms with van der Waals surface area (Å²) < 4.78 is 10.6. The van der Waals surface area contributed by atoms with Gasteiger partial charge in [-0.25, -0.2) is 0 Å². The van der Waals surface area contributed by atoms with E-state index in [1.54, 1.807) is 12.5 Å². The lowest BCUT2D eigenvalue weighted by atomic mass is 10.1. The van der Waals surface area contributed by atoms with Gasteiger partial charge in [0, 0.05) is 16.6 Å². The molecular weight excluding hydrogens is 208 g/mol. The van der Waals surface area contributed by atoms with Crippen LogP contribution in [0.2, 0.25) is 0 Å². The van der Waals surface area contributed by atoms with Gasteiger partial charge in [-0.15, -0.1) is 0 Å². The van der Waals surface area contributed by atoms with Gasteiger partial charge in [0.25, 0.3) is 0 Å². The number of benzene rings is 1. The molecule has 0 spiro atoms. The minimum atomic E-state index is 0.757. The Kier molecular flexibility index (Phi) is 1.76. The van der Waals surface area contributed by atoms with Crippen molar-refractivity contribution in [3.8, 4) is 11.3 Å². The number of fused-ring (bicyclic) bond motifs is 1. The van der Waals surface area contributed by atoms with Crippen molar-refractivity contribution in [3.63, 3.8) is 0 Å². The van der Waals surface area contributed by atoms with Crippen molar-refractivity contribution in [3.05, 3.63) is 36.8 Å². The first-order valence-electron chi connectivity index (χ1n) is 4.52. The number of hydrogen-bond acceptors (Lipinski definition) is 4. The zero-order valence-corrected chi connectivity index (χ0v) is 8.62. The van der Waals surface area contributed by atoms with E-state index in [4.69, 9.17) is 10.2 Å². The Morgan fingerprint density at radius 1 is 1.27 bits per heavy atom. The third kappa shape index (κ3) is 1.30.